The van der Waals surface area contributed by atoms with Crippen LogP contribution >= 0.6 is 0 Å². The minimum Gasteiger partial charge on any atom is -0.198 e. The summed E-state index contributed by atoms with van der Waals surface area (Å²) in [6, 6.07) is 2.65. The van der Waals surface area contributed by atoms with Crippen molar-refractivity contribution in [3.8, 4) is 6.07 Å². The molecule has 4 aliphatic carbocycles. The van der Waals surface area contributed by atoms with Gasteiger partial charge in [-0.25, -0.2) is 0 Å². The minimum absolute atomic E-state index is 0.326. The van der Waals surface area contributed by atoms with Gasteiger partial charge in [0.25, 0.3) is 0 Å². The molecule has 1 unspecified atom stereocenters. The molecule has 0 heterocycles. The molecule has 0 radical (unpaired) electrons. The van der Waals surface area contributed by atoms with Gasteiger partial charge in [0.15, 0.2) is 0 Å². The summed E-state index contributed by atoms with van der Waals surface area (Å²) in [5.41, 5.74) is 2.63. The van der Waals surface area contributed by atoms with E-state index in [1.807, 2.05) is 0 Å². The van der Waals surface area contributed by atoms with Crippen molar-refractivity contribution in [1.82, 2.24) is 0 Å². The lowest BCUT2D eigenvalue weighted by Crippen LogP contribution is -2.49. The van der Waals surface area contributed by atoms with Crippen molar-refractivity contribution < 1.29 is 0 Å². The van der Waals surface area contributed by atoms with Gasteiger partial charge in [0, 0.05) is 0 Å². The van der Waals surface area contributed by atoms with Gasteiger partial charge in [0.2, 0.25) is 0 Å². The molecule has 0 aromatic rings. The minimum atomic E-state index is 0.326. The highest BCUT2D eigenvalue weighted by atomic mass is 14.6. The number of hydrogen-bond donors (Lipinski definition) is 0. The monoisotopic (exact) mass is 283 g/mol. The van der Waals surface area contributed by atoms with Crippen molar-refractivity contribution in [1.29, 1.82) is 5.26 Å². The summed E-state index contributed by atoms with van der Waals surface area (Å²) in [6.07, 6.45) is 14.7. The first-order valence-electron chi connectivity index (χ1n) is 9.19. The summed E-state index contributed by atoms with van der Waals surface area (Å²) in [4.78, 5) is 0. The molecule has 0 aliphatic heterocycles. The molecule has 4 rings (SSSR count). The maximum atomic E-state index is 9.54. The Hall–Kier alpha value is -0.770. The van der Waals surface area contributed by atoms with Crippen LogP contribution in [0.3, 0.4) is 0 Å². The van der Waals surface area contributed by atoms with Gasteiger partial charge >= 0.3 is 0 Å². The first kappa shape index (κ1) is 13.9. The Morgan fingerprint density at radius 2 is 1.95 bits per heavy atom. The maximum absolute atomic E-state index is 9.54. The van der Waals surface area contributed by atoms with Gasteiger partial charge in [-0.1, -0.05) is 31.9 Å². The third-order valence-electron chi connectivity index (χ3n) is 8.17. The molecule has 0 aromatic heterocycles. The zero-order chi connectivity index (χ0) is 14.7. The van der Waals surface area contributed by atoms with Crippen LogP contribution in [0.15, 0.2) is 11.6 Å². The lowest BCUT2D eigenvalue weighted by molar-refractivity contribution is -0.0337. The second-order valence-electron chi connectivity index (χ2n) is 8.77. The van der Waals surface area contributed by atoms with Crippen LogP contribution in [0.2, 0.25) is 0 Å². The SMILES string of the molecule is C[C@]12CCCCC1=CC[C@@H]1[C@@H]2CC[C@]2(C)C(C#N)CC[C@@H]12. The third-order valence-corrected chi connectivity index (χ3v) is 8.17. The van der Waals surface area contributed by atoms with Crippen LogP contribution in [0.5, 0.6) is 0 Å². The highest BCUT2D eigenvalue weighted by molar-refractivity contribution is 5.24. The van der Waals surface area contributed by atoms with E-state index in [0.29, 0.717) is 16.7 Å². The number of nitrogens with zero attached hydrogens (tertiary/aromatic N) is 1. The molecule has 114 valence electrons. The maximum Gasteiger partial charge on any atom is 0.0661 e. The lowest BCUT2D eigenvalue weighted by Gasteiger charge is -2.57. The van der Waals surface area contributed by atoms with Gasteiger partial charge in [-0.15, -0.1) is 0 Å². The molecule has 0 saturated heterocycles. The number of fused-ring (bicyclic) bond motifs is 5. The number of rotatable bonds is 0. The van der Waals surface area contributed by atoms with Gasteiger partial charge in [0.1, 0.15) is 0 Å². The molecule has 0 N–H and O–H groups in total. The van der Waals surface area contributed by atoms with Crippen molar-refractivity contribution in [2.24, 2.45) is 34.5 Å². The van der Waals surface area contributed by atoms with E-state index in [0.717, 1.165) is 24.2 Å². The van der Waals surface area contributed by atoms with Crippen LogP contribution in [-0.2, 0) is 0 Å². The molecule has 0 aromatic carbocycles. The summed E-state index contributed by atoms with van der Waals surface area (Å²) in [5.74, 6) is 2.92. The van der Waals surface area contributed by atoms with E-state index in [2.05, 4.69) is 26.0 Å². The van der Waals surface area contributed by atoms with Crippen molar-refractivity contribution in [2.45, 2.75) is 71.6 Å². The summed E-state index contributed by atoms with van der Waals surface area (Å²) >= 11 is 0. The molecule has 4 aliphatic rings. The number of nitriles is 1. The Balaban J connectivity index is 1.69. The number of hydrogen-bond acceptors (Lipinski definition) is 1. The second-order valence-corrected chi connectivity index (χ2v) is 8.77. The van der Waals surface area contributed by atoms with Gasteiger partial charge in [-0.3, -0.25) is 0 Å². The van der Waals surface area contributed by atoms with Crippen LogP contribution in [-0.4, -0.2) is 0 Å². The zero-order valence-electron chi connectivity index (χ0n) is 13.7. The summed E-state index contributed by atoms with van der Waals surface area (Å²) in [6.45, 7) is 5.02. The molecule has 0 amide bonds. The molecule has 1 nitrogen and oxygen atoms in total. The molecule has 3 saturated carbocycles. The molecule has 6 atom stereocenters. The van der Waals surface area contributed by atoms with Gasteiger partial charge in [0.05, 0.1) is 12.0 Å². The van der Waals surface area contributed by atoms with E-state index in [4.69, 9.17) is 0 Å². The fourth-order valence-corrected chi connectivity index (χ4v) is 6.91. The van der Waals surface area contributed by atoms with Crippen molar-refractivity contribution >= 4 is 0 Å². The predicted molar refractivity (Wildman–Crippen MR) is 85.4 cm³/mol. The van der Waals surface area contributed by atoms with Crippen LogP contribution in [0, 0.1) is 45.8 Å². The topological polar surface area (TPSA) is 23.8 Å². The normalized spacial score (nSPS) is 52.1. The highest BCUT2D eigenvalue weighted by Gasteiger charge is 2.58. The van der Waals surface area contributed by atoms with E-state index in [9.17, 15) is 5.26 Å². The standard InChI is InChI=1S/C20H29N/c1-19-11-4-3-5-14(19)6-8-16-17-9-7-15(13-21)20(17,2)12-10-18(16)19/h6,15-18H,3-5,7-12H2,1-2H3/t15?,16-,17-,18-,19-,20+/m0/s1. The van der Waals surface area contributed by atoms with Gasteiger partial charge in [-0.05, 0) is 80.0 Å². The molecular formula is C20H29N. The van der Waals surface area contributed by atoms with Crippen molar-refractivity contribution in [2.75, 3.05) is 0 Å². The molecular weight excluding hydrogens is 254 g/mol. The summed E-state index contributed by atoms with van der Waals surface area (Å²) in [7, 11) is 0. The molecule has 1 heteroatoms. The Morgan fingerprint density at radius 3 is 2.76 bits per heavy atom. The average molecular weight is 283 g/mol. The fraction of sp³-hybridized carbons (Fsp3) is 0.850. The average Bonchev–Trinajstić information content (AvgIpc) is 2.83. The lowest BCUT2D eigenvalue weighted by atomic mass is 9.47. The zero-order valence-corrected chi connectivity index (χ0v) is 13.7. The third kappa shape index (κ3) is 1.74. The van der Waals surface area contributed by atoms with E-state index in [1.165, 1.54) is 51.4 Å². The highest BCUT2D eigenvalue weighted by Crippen LogP contribution is 2.66. The van der Waals surface area contributed by atoms with Crippen LogP contribution in [0.25, 0.3) is 0 Å². The Labute approximate surface area is 129 Å². The predicted octanol–water partition coefficient (Wildman–Crippen LogP) is 5.48. The van der Waals surface area contributed by atoms with Gasteiger partial charge in [-0.2, -0.15) is 5.26 Å². The quantitative estimate of drug-likeness (QED) is 0.540. The number of allylic oxidation sites excluding steroid dienone is 2. The van der Waals surface area contributed by atoms with Gasteiger partial charge < -0.3 is 0 Å². The molecule has 0 bridgehead atoms. The summed E-state index contributed by atoms with van der Waals surface area (Å²) < 4.78 is 0. The van der Waals surface area contributed by atoms with E-state index < -0.39 is 0 Å². The molecule has 3 fully saturated rings. The Morgan fingerprint density at radius 1 is 1.10 bits per heavy atom. The Bertz CT molecular complexity index is 512. The molecule has 21 heavy (non-hydrogen) atoms. The first-order chi connectivity index (χ1) is 10.1. The van der Waals surface area contributed by atoms with Crippen molar-refractivity contribution in [3.05, 3.63) is 11.6 Å². The molecule has 0 spiro atoms. The van der Waals surface area contributed by atoms with E-state index in [-0.39, 0.29) is 0 Å². The van der Waals surface area contributed by atoms with Crippen LogP contribution in [0.4, 0.5) is 0 Å². The van der Waals surface area contributed by atoms with E-state index >= 15 is 0 Å². The fourth-order valence-electron chi connectivity index (χ4n) is 6.91. The van der Waals surface area contributed by atoms with Crippen LogP contribution in [0.1, 0.15) is 71.6 Å². The Kier molecular flexibility index (Phi) is 3.04. The van der Waals surface area contributed by atoms with Crippen LogP contribution < -0.4 is 0 Å². The largest absolute Gasteiger partial charge is 0.198 e. The second kappa shape index (κ2) is 4.61. The first-order valence-corrected chi connectivity index (χ1v) is 9.19. The smallest absolute Gasteiger partial charge is 0.0661 e. The van der Waals surface area contributed by atoms with E-state index in [1.54, 1.807) is 5.57 Å². The van der Waals surface area contributed by atoms with Crippen molar-refractivity contribution in [3.63, 3.8) is 0 Å². The summed E-state index contributed by atoms with van der Waals surface area (Å²) in [5, 5.41) is 9.54.